The van der Waals surface area contributed by atoms with Gasteiger partial charge in [0.05, 0.1) is 11.6 Å². The summed E-state index contributed by atoms with van der Waals surface area (Å²) in [4.78, 5) is 12.2. The molecule has 0 bridgehead atoms. The number of fused-ring (bicyclic) bond motifs is 1. The predicted octanol–water partition coefficient (Wildman–Crippen LogP) is 1.63. The lowest BCUT2D eigenvalue weighted by Gasteiger charge is -2.28. The summed E-state index contributed by atoms with van der Waals surface area (Å²) in [6.45, 7) is 7.87. The molecule has 20 heavy (non-hydrogen) atoms. The molecule has 0 aromatic heterocycles. The number of amides is 1. The van der Waals surface area contributed by atoms with Crippen LogP contribution in [0.1, 0.15) is 31.9 Å². The Labute approximate surface area is 120 Å². The average Bonchev–Trinajstić information content (AvgIpc) is 2.44. The maximum absolute atomic E-state index is 12.2. The van der Waals surface area contributed by atoms with E-state index in [1.807, 2.05) is 32.9 Å². The molecule has 1 amide bonds. The summed E-state index contributed by atoms with van der Waals surface area (Å²) in [7, 11) is 0. The van der Waals surface area contributed by atoms with Gasteiger partial charge >= 0.3 is 0 Å². The number of rotatable bonds is 5. The molecule has 1 atom stereocenters. The fraction of sp³-hybridized carbons (Fsp3) is 0.562. The van der Waals surface area contributed by atoms with Crippen LogP contribution in [0, 0.1) is 0 Å². The van der Waals surface area contributed by atoms with Gasteiger partial charge in [0.1, 0.15) is 0 Å². The second kappa shape index (κ2) is 6.37. The zero-order valence-corrected chi connectivity index (χ0v) is 12.5. The minimum Gasteiger partial charge on any atom is -0.374 e. The molecule has 0 unspecified atom stereocenters. The lowest BCUT2D eigenvalue weighted by molar-refractivity contribution is -0.124. The average molecular weight is 276 g/mol. The first-order valence-corrected chi connectivity index (χ1v) is 7.23. The molecule has 4 nitrogen and oxygen atoms in total. The highest BCUT2D eigenvalue weighted by molar-refractivity contribution is 5.82. The van der Waals surface area contributed by atoms with Crippen molar-refractivity contribution in [1.82, 2.24) is 10.6 Å². The highest BCUT2D eigenvalue weighted by atomic mass is 16.5. The van der Waals surface area contributed by atoms with E-state index in [1.54, 1.807) is 0 Å². The van der Waals surface area contributed by atoms with Crippen LogP contribution in [0.15, 0.2) is 24.3 Å². The van der Waals surface area contributed by atoms with Crippen LogP contribution in [0.25, 0.3) is 0 Å². The van der Waals surface area contributed by atoms with Gasteiger partial charge in [-0.2, -0.15) is 0 Å². The highest BCUT2D eigenvalue weighted by Crippen LogP contribution is 2.16. The third kappa shape index (κ3) is 3.81. The Balaban J connectivity index is 1.89. The molecular formula is C16H24N2O2. The van der Waals surface area contributed by atoms with Gasteiger partial charge in [-0.1, -0.05) is 24.3 Å². The molecule has 1 aliphatic rings. The molecule has 2 N–H and O–H groups in total. The Hall–Kier alpha value is -1.39. The molecule has 0 saturated carbocycles. The van der Waals surface area contributed by atoms with Gasteiger partial charge in [-0.15, -0.1) is 0 Å². The third-order valence-electron chi connectivity index (χ3n) is 3.62. The minimum absolute atomic E-state index is 0.0484. The largest absolute Gasteiger partial charge is 0.374 e. The number of nitrogens with one attached hydrogen (secondary N) is 2. The maximum Gasteiger partial charge on any atom is 0.237 e. The van der Waals surface area contributed by atoms with E-state index in [-0.39, 0.29) is 17.6 Å². The van der Waals surface area contributed by atoms with Gasteiger partial charge in [0.15, 0.2) is 0 Å². The van der Waals surface area contributed by atoms with Gasteiger partial charge in [-0.05, 0) is 38.3 Å². The molecular weight excluding hydrogens is 252 g/mol. The summed E-state index contributed by atoms with van der Waals surface area (Å²) < 4.78 is 5.59. The smallest absolute Gasteiger partial charge is 0.237 e. The second-order valence-electron chi connectivity index (χ2n) is 5.82. The van der Waals surface area contributed by atoms with Crippen LogP contribution in [0.3, 0.4) is 0 Å². The quantitative estimate of drug-likeness (QED) is 0.859. The molecule has 110 valence electrons. The monoisotopic (exact) mass is 276 g/mol. The number of benzene rings is 1. The maximum atomic E-state index is 12.2. The summed E-state index contributed by atoms with van der Waals surface area (Å²) in [5.74, 6) is 0.0484. The molecule has 1 aliphatic heterocycles. The van der Waals surface area contributed by atoms with Crippen LogP contribution in [-0.2, 0) is 22.5 Å². The van der Waals surface area contributed by atoms with Crippen LogP contribution >= 0.6 is 0 Å². The van der Waals surface area contributed by atoms with Crippen LogP contribution in [0.5, 0.6) is 0 Å². The second-order valence-corrected chi connectivity index (χ2v) is 5.82. The Bertz CT molecular complexity index is 471. The first-order valence-electron chi connectivity index (χ1n) is 7.23. The lowest BCUT2D eigenvalue weighted by Crippen LogP contribution is -2.51. The summed E-state index contributed by atoms with van der Waals surface area (Å²) in [5.41, 5.74) is 2.22. The molecule has 1 heterocycles. The van der Waals surface area contributed by atoms with Gasteiger partial charge in [0, 0.05) is 19.7 Å². The SMILES string of the molecule is CCOC(C)(C)CNC(=O)[C@H]1Cc2ccccc2CN1. The van der Waals surface area contributed by atoms with E-state index >= 15 is 0 Å². The van der Waals surface area contributed by atoms with Gasteiger partial charge in [0.2, 0.25) is 5.91 Å². The predicted molar refractivity (Wildman–Crippen MR) is 79.5 cm³/mol. The molecule has 0 fully saturated rings. The van der Waals surface area contributed by atoms with Gasteiger partial charge in [-0.3, -0.25) is 4.79 Å². The van der Waals surface area contributed by atoms with Crippen molar-refractivity contribution in [3.63, 3.8) is 0 Å². The van der Waals surface area contributed by atoms with Crippen LogP contribution in [0.2, 0.25) is 0 Å². The third-order valence-corrected chi connectivity index (χ3v) is 3.62. The molecule has 2 rings (SSSR count). The zero-order chi connectivity index (χ0) is 14.6. The zero-order valence-electron chi connectivity index (χ0n) is 12.5. The normalized spacial score (nSPS) is 18.4. The Morgan fingerprint density at radius 1 is 1.40 bits per heavy atom. The fourth-order valence-corrected chi connectivity index (χ4v) is 2.50. The van der Waals surface area contributed by atoms with Crippen LogP contribution in [-0.4, -0.2) is 30.7 Å². The number of ether oxygens (including phenoxy) is 1. The Morgan fingerprint density at radius 2 is 2.10 bits per heavy atom. The topological polar surface area (TPSA) is 50.4 Å². The molecule has 0 aliphatic carbocycles. The lowest BCUT2D eigenvalue weighted by atomic mass is 9.95. The highest BCUT2D eigenvalue weighted by Gasteiger charge is 2.26. The summed E-state index contributed by atoms with van der Waals surface area (Å²) in [6.07, 6.45) is 0.747. The van der Waals surface area contributed by atoms with E-state index in [2.05, 4.69) is 22.8 Å². The van der Waals surface area contributed by atoms with E-state index in [9.17, 15) is 4.79 Å². The standard InChI is InChI=1S/C16H24N2O2/c1-4-20-16(2,3)11-18-15(19)14-9-12-7-5-6-8-13(12)10-17-14/h5-8,14,17H,4,9-11H2,1-3H3,(H,18,19)/t14-/m1/s1. The first kappa shape index (κ1) is 15.0. The minimum atomic E-state index is -0.322. The number of hydrogen-bond acceptors (Lipinski definition) is 3. The summed E-state index contributed by atoms with van der Waals surface area (Å²) in [5, 5.41) is 6.27. The van der Waals surface area contributed by atoms with Crippen LogP contribution in [0.4, 0.5) is 0 Å². The number of hydrogen-bond donors (Lipinski definition) is 2. The summed E-state index contributed by atoms with van der Waals surface area (Å²) in [6, 6.07) is 8.11. The number of carbonyl (C=O) groups is 1. The van der Waals surface area contributed by atoms with E-state index in [1.165, 1.54) is 11.1 Å². The van der Waals surface area contributed by atoms with Crippen LogP contribution < -0.4 is 10.6 Å². The van der Waals surface area contributed by atoms with E-state index in [0.29, 0.717) is 13.2 Å². The van der Waals surface area contributed by atoms with Crippen molar-refractivity contribution < 1.29 is 9.53 Å². The van der Waals surface area contributed by atoms with Crippen molar-refractivity contribution in [3.05, 3.63) is 35.4 Å². The van der Waals surface area contributed by atoms with Crippen molar-refractivity contribution in [1.29, 1.82) is 0 Å². The molecule has 1 aromatic rings. The van der Waals surface area contributed by atoms with Gasteiger partial charge < -0.3 is 15.4 Å². The Morgan fingerprint density at radius 3 is 2.80 bits per heavy atom. The van der Waals surface area contributed by atoms with Crippen molar-refractivity contribution >= 4 is 5.91 Å². The molecule has 4 heteroatoms. The van der Waals surface area contributed by atoms with E-state index in [0.717, 1.165) is 13.0 Å². The Kier molecular flexibility index (Phi) is 4.78. The van der Waals surface area contributed by atoms with Gasteiger partial charge in [-0.25, -0.2) is 0 Å². The van der Waals surface area contributed by atoms with Crippen molar-refractivity contribution in [2.75, 3.05) is 13.2 Å². The molecule has 0 saturated heterocycles. The van der Waals surface area contributed by atoms with E-state index < -0.39 is 0 Å². The van der Waals surface area contributed by atoms with Crippen molar-refractivity contribution in [2.45, 2.75) is 45.4 Å². The summed E-state index contributed by atoms with van der Waals surface area (Å²) >= 11 is 0. The first-order chi connectivity index (χ1) is 9.52. The molecule has 0 radical (unpaired) electrons. The number of carbonyl (C=O) groups excluding carboxylic acids is 1. The molecule has 1 aromatic carbocycles. The molecule has 0 spiro atoms. The van der Waals surface area contributed by atoms with Crippen molar-refractivity contribution in [2.24, 2.45) is 0 Å². The van der Waals surface area contributed by atoms with Gasteiger partial charge in [0.25, 0.3) is 0 Å². The fourth-order valence-electron chi connectivity index (χ4n) is 2.50. The van der Waals surface area contributed by atoms with Crippen molar-refractivity contribution in [3.8, 4) is 0 Å². The van der Waals surface area contributed by atoms with E-state index in [4.69, 9.17) is 4.74 Å².